The highest BCUT2D eigenvalue weighted by Gasteiger charge is 2.22. The molecule has 1 atom stereocenters. The zero-order chi connectivity index (χ0) is 13.8. The first-order chi connectivity index (χ1) is 9.84. The van der Waals surface area contributed by atoms with Gasteiger partial charge in [0.05, 0.1) is 0 Å². The lowest BCUT2D eigenvalue weighted by molar-refractivity contribution is 0.198. The van der Waals surface area contributed by atoms with Crippen LogP contribution < -0.4 is 4.90 Å². The van der Waals surface area contributed by atoms with Gasteiger partial charge in [-0.15, -0.1) is 0 Å². The largest absolute Gasteiger partial charge is 0.354 e. The van der Waals surface area contributed by atoms with Gasteiger partial charge in [0, 0.05) is 50.8 Å². The van der Waals surface area contributed by atoms with Crippen molar-refractivity contribution in [2.45, 2.75) is 13.0 Å². The molecule has 0 radical (unpaired) electrons. The number of rotatable bonds is 3. The molecule has 20 heavy (non-hydrogen) atoms. The lowest BCUT2D eigenvalue weighted by atomic mass is 10.1. The first-order valence-electron chi connectivity index (χ1n) is 7.14. The molecule has 0 aromatic carbocycles. The van der Waals surface area contributed by atoms with E-state index >= 15 is 0 Å². The molecule has 4 nitrogen and oxygen atoms in total. The van der Waals surface area contributed by atoms with Crippen LogP contribution in [-0.2, 0) is 0 Å². The van der Waals surface area contributed by atoms with Crippen LogP contribution >= 0.6 is 0 Å². The summed E-state index contributed by atoms with van der Waals surface area (Å²) in [6.45, 7) is 6.48. The van der Waals surface area contributed by atoms with E-state index in [1.165, 1.54) is 5.56 Å². The highest BCUT2D eigenvalue weighted by Crippen LogP contribution is 2.22. The van der Waals surface area contributed by atoms with E-state index in [4.69, 9.17) is 0 Å². The zero-order valence-electron chi connectivity index (χ0n) is 11.8. The topological polar surface area (TPSA) is 32.3 Å². The Morgan fingerprint density at radius 2 is 1.70 bits per heavy atom. The number of aromatic nitrogens is 2. The van der Waals surface area contributed by atoms with Gasteiger partial charge in [0.1, 0.15) is 5.82 Å². The third-order valence-corrected chi connectivity index (χ3v) is 4.02. The molecule has 3 heterocycles. The van der Waals surface area contributed by atoms with Crippen LogP contribution in [0.15, 0.2) is 48.9 Å². The maximum atomic E-state index is 4.43. The lowest BCUT2D eigenvalue weighted by Gasteiger charge is -2.38. The van der Waals surface area contributed by atoms with E-state index in [9.17, 15) is 0 Å². The minimum absolute atomic E-state index is 0.448. The number of nitrogens with zero attached hydrogens (tertiary/aromatic N) is 4. The van der Waals surface area contributed by atoms with Crippen LogP contribution in [0.1, 0.15) is 18.5 Å². The number of pyridine rings is 2. The molecule has 4 heteroatoms. The Balaban J connectivity index is 1.61. The average Bonchev–Trinajstić information content (AvgIpc) is 2.56. The van der Waals surface area contributed by atoms with E-state index in [-0.39, 0.29) is 0 Å². The van der Waals surface area contributed by atoms with Crippen LogP contribution in [0.3, 0.4) is 0 Å². The van der Waals surface area contributed by atoms with Crippen LogP contribution in [0.4, 0.5) is 5.82 Å². The van der Waals surface area contributed by atoms with Gasteiger partial charge in [-0.2, -0.15) is 0 Å². The molecule has 1 saturated heterocycles. The Morgan fingerprint density at radius 1 is 0.950 bits per heavy atom. The maximum Gasteiger partial charge on any atom is 0.128 e. The van der Waals surface area contributed by atoms with E-state index in [0.29, 0.717) is 6.04 Å². The van der Waals surface area contributed by atoms with Gasteiger partial charge in [-0.05, 0) is 36.8 Å². The molecule has 0 saturated carbocycles. The molecule has 1 fully saturated rings. The fraction of sp³-hybridized carbons (Fsp3) is 0.375. The highest BCUT2D eigenvalue weighted by molar-refractivity contribution is 5.38. The van der Waals surface area contributed by atoms with Gasteiger partial charge < -0.3 is 4.90 Å². The molecule has 3 rings (SSSR count). The van der Waals surface area contributed by atoms with E-state index in [1.54, 1.807) is 0 Å². The highest BCUT2D eigenvalue weighted by atomic mass is 15.3. The molecule has 0 amide bonds. The van der Waals surface area contributed by atoms with Gasteiger partial charge in [0.15, 0.2) is 0 Å². The smallest absolute Gasteiger partial charge is 0.128 e. The number of hydrogen-bond donors (Lipinski definition) is 0. The summed E-state index contributed by atoms with van der Waals surface area (Å²) < 4.78 is 0. The predicted molar refractivity (Wildman–Crippen MR) is 80.7 cm³/mol. The van der Waals surface area contributed by atoms with Crippen LogP contribution in [0, 0.1) is 0 Å². The van der Waals surface area contributed by atoms with E-state index in [2.05, 4.69) is 44.9 Å². The summed E-state index contributed by atoms with van der Waals surface area (Å²) >= 11 is 0. The minimum atomic E-state index is 0.448. The molecule has 0 aliphatic carbocycles. The molecule has 2 aromatic heterocycles. The van der Waals surface area contributed by atoms with Crippen molar-refractivity contribution in [3.63, 3.8) is 0 Å². The van der Waals surface area contributed by atoms with Crippen molar-refractivity contribution >= 4 is 5.82 Å². The second-order valence-electron chi connectivity index (χ2n) is 5.17. The number of hydrogen-bond acceptors (Lipinski definition) is 4. The summed E-state index contributed by atoms with van der Waals surface area (Å²) in [7, 11) is 0. The molecule has 104 valence electrons. The quantitative estimate of drug-likeness (QED) is 0.855. The summed E-state index contributed by atoms with van der Waals surface area (Å²) in [6, 6.07) is 10.8. The van der Waals surface area contributed by atoms with Gasteiger partial charge in [-0.3, -0.25) is 9.88 Å². The Labute approximate surface area is 120 Å². The van der Waals surface area contributed by atoms with Crippen LogP contribution in [0.2, 0.25) is 0 Å². The molecule has 1 unspecified atom stereocenters. The van der Waals surface area contributed by atoms with Crippen LogP contribution in [-0.4, -0.2) is 41.0 Å². The summed E-state index contributed by atoms with van der Waals surface area (Å²) in [5, 5.41) is 0. The predicted octanol–water partition coefficient (Wildman–Crippen LogP) is 2.36. The molecule has 1 aliphatic rings. The molecule has 0 N–H and O–H groups in total. The molecular weight excluding hydrogens is 248 g/mol. The summed E-state index contributed by atoms with van der Waals surface area (Å²) in [4.78, 5) is 13.4. The summed E-state index contributed by atoms with van der Waals surface area (Å²) in [5.74, 6) is 1.09. The van der Waals surface area contributed by atoms with Gasteiger partial charge in [-0.1, -0.05) is 6.07 Å². The maximum absolute atomic E-state index is 4.43. The summed E-state index contributed by atoms with van der Waals surface area (Å²) in [5.41, 5.74) is 1.34. The fourth-order valence-electron chi connectivity index (χ4n) is 2.73. The third kappa shape index (κ3) is 2.80. The van der Waals surface area contributed by atoms with Gasteiger partial charge in [0.2, 0.25) is 0 Å². The summed E-state index contributed by atoms with van der Waals surface area (Å²) in [6.07, 6.45) is 5.60. The van der Waals surface area contributed by atoms with Crippen molar-refractivity contribution in [3.05, 3.63) is 54.5 Å². The molecule has 0 spiro atoms. The van der Waals surface area contributed by atoms with E-state index in [1.807, 2.05) is 30.7 Å². The first-order valence-corrected chi connectivity index (χ1v) is 7.14. The Hall–Kier alpha value is -1.94. The van der Waals surface area contributed by atoms with Crippen molar-refractivity contribution in [1.82, 2.24) is 14.9 Å². The standard InChI is InChI=1S/C16H20N4/c1-14(15-5-8-17-9-6-15)19-10-12-20(13-11-19)16-4-2-3-7-18-16/h2-9,14H,10-13H2,1H3. The molecular formula is C16H20N4. The number of piperazine rings is 1. The Bertz CT molecular complexity index is 521. The van der Waals surface area contributed by atoms with E-state index < -0.39 is 0 Å². The second kappa shape index (κ2) is 6.01. The molecule has 2 aromatic rings. The minimum Gasteiger partial charge on any atom is -0.354 e. The monoisotopic (exact) mass is 268 g/mol. The fourth-order valence-corrected chi connectivity index (χ4v) is 2.73. The molecule has 0 bridgehead atoms. The Kier molecular flexibility index (Phi) is 3.92. The lowest BCUT2D eigenvalue weighted by Crippen LogP contribution is -2.47. The van der Waals surface area contributed by atoms with Crippen LogP contribution in [0.5, 0.6) is 0 Å². The van der Waals surface area contributed by atoms with Crippen molar-refractivity contribution < 1.29 is 0 Å². The third-order valence-electron chi connectivity index (χ3n) is 4.02. The number of anilines is 1. The van der Waals surface area contributed by atoms with Gasteiger partial charge >= 0.3 is 0 Å². The van der Waals surface area contributed by atoms with Gasteiger partial charge in [0.25, 0.3) is 0 Å². The average molecular weight is 268 g/mol. The van der Waals surface area contributed by atoms with Crippen molar-refractivity contribution in [2.75, 3.05) is 31.1 Å². The van der Waals surface area contributed by atoms with E-state index in [0.717, 1.165) is 32.0 Å². The first kappa shape index (κ1) is 13.1. The van der Waals surface area contributed by atoms with Crippen molar-refractivity contribution in [3.8, 4) is 0 Å². The normalized spacial score (nSPS) is 17.9. The zero-order valence-corrected chi connectivity index (χ0v) is 11.8. The van der Waals surface area contributed by atoms with Crippen LogP contribution in [0.25, 0.3) is 0 Å². The van der Waals surface area contributed by atoms with Gasteiger partial charge in [-0.25, -0.2) is 4.98 Å². The Morgan fingerprint density at radius 3 is 2.35 bits per heavy atom. The van der Waals surface area contributed by atoms with Crippen molar-refractivity contribution in [2.24, 2.45) is 0 Å². The molecule has 1 aliphatic heterocycles. The van der Waals surface area contributed by atoms with Crippen molar-refractivity contribution in [1.29, 1.82) is 0 Å². The second-order valence-corrected chi connectivity index (χ2v) is 5.17. The SMILES string of the molecule is CC(c1ccncc1)N1CCN(c2ccccn2)CC1.